The van der Waals surface area contributed by atoms with E-state index in [1.807, 2.05) is 48.5 Å². The molecule has 0 atom stereocenters. The van der Waals surface area contributed by atoms with Gasteiger partial charge in [-0.05, 0) is 36.6 Å². The Hall–Kier alpha value is -2.72. The fourth-order valence-electron chi connectivity index (χ4n) is 4.39. The van der Waals surface area contributed by atoms with Gasteiger partial charge >= 0.3 is 0 Å². The minimum atomic E-state index is -0.117. The Morgan fingerprint density at radius 2 is 1.89 bits per heavy atom. The lowest BCUT2D eigenvalue weighted by molar-refractivity contribution is -0.113. The summed E-state index contributed by atoms with van der Waals surface area (Å²) in [5, 5.41) is 4.53. The van der Waals surface area contributed by atoms with Crippen molar-refractivity contribution >= 4 is 55.0 Å². The highest BCUT2D eigenvalue weighted by molar-refractivity contribution is 7.99. The molecule has 9 heteroatoms. The molecule has 0 aliphatic carbocycles. The van der Waals surface area contributed by atoms with Crippen LogP contribution >= 0.6 is 23.1 Å². The van der Waals surface area contributed by atoms with E-state index in [4.69, 9.17) is 9.72 Å². The van der Waals surface area contributed by atoms with Crippen LogP contribution < -0.4 is 10.9 Å². The molecule has 7 nitrogen and oxygen atoms in total. The summed E-state index contributed by atoms with van der Waals surface area (Å²) in [5.41, 5.74) is 2.70. The van der Waals surface area contributed by atoms with Crippen molar-refractivity contribution in [2.24, 2.45) is 0 Å². The summed E-state index contributed by atoms with van der Waals surface area (Å²) in [7, 11) is 0. The molecular formula is C27H30N4O3S2. The Labute approximate surface area is 218 Å². The van der Waals surface area contributed by atoms with Crippen molar-refractivity contribution in [1.82, 2.24) is 14.5 Å². The molecule has 1 amide bonds. The van der Waals surface area contributed by atoms with Gasteiger partial charge in [0.25, 0.3) is 5.56 Å². The third kappa shape index (κ3) is 5.64. The molecule has 0 radical (unpaired) electrons. The molecule has 188 valence electrons. The van der Waals surface area contributed by atoms with E-state index in [1.165, 1.54) is 28.7 Å². The minimum Gasteiger partial charge on any atom is -0.379 e. The van der Waals surface area contributed by atoms with Crippen LogP contribution in [0.15, 0.2) is 58.5 Å². The largest absolute Gasteiger partial charge is 0.379 e. The number of amides is 1. The molecule has 2 aromatic heterocycles. The van der Waals surface area contributed by atoms with Crippen LogP contribution in [0.25, 0.3) is 20.3 Å². The number of ether oxygens (including phenoxy) is 1. The SMILES string of the molecule is CCc1ccc(NC(=O)CSc2nc3c(sc4ccccc43)c(=O)n2CCCN2CCOCC2)cc1. The van der Waals surface area contributed by atoms with Gasteiger partial charge in [-0.2, -0.15) is 0 Å². The zero-order chi connectivity index (χ0) is 24.9. The molecule has 3 heterocycles. The number of hydrogen-bond acceptors (Lipinski definition) is 7. The maximum atomic E-state index is 13.6. The molecule has 0 saturated carbocycles. The number of hydrogen-bond donors (Lipinski definition) is 1. The lowest BCUT2D eigenvalue weighted by Gasteiger charge is -2.26. The minimum absolute atomic E-state index is 0.0266. The van der Waals surface area contributed by atoms with E-state index in [9.17, 15) is 9.59 Å². The standard InChI is InChI=1S/C27H30N4O3S2/c1-2-19-8-10-20(11-9-19)28-23(32)18-35-27-29-24-21-6-3-4-7-22(21)36-25(24)26(33)31(27)13-5-12-30-14-16-34-17-15-30/h3-4,6-11H,2,5,12-18H2,1H3,(H,28,32). The first-order chi connectivity index (χ1) is 17.6. The molecule has 5 rings (SSSR count). The zero-order valence-corrected chi connectivity index (χ0v) is 22.0. The monoisotopic (exact) mass is 522 g/mol. The first kappa shape index (κ1) is 25.0. The molecule has 1 N–H and O–H groups in total. The smallest absolute Gasteiger partial charge is 0.272 e. The highest BCUT2D eigenvalue weighted by Crippen LogP contribution is 2.32. The fourth-order valence-corrected chi connectivity index (χ4v) is 6.30. The van der Waals surface area contributed by atoms with Crippen molar-refractivity contribution in [3.63, 3.8) is 0 Å². The second-order valence-corrected chi connectivity index (χ2v) is 10.8. The van der Waals surface area contributed by atoms with Crippen LogP contribution in [0.1, 0.15) is 18.9 Å². The number of anilines is 1. The van der Waals surface area contributed by atoms with E-state index in [2.05, 4.69) is 17.1 Å². The van der Waals surface area contributed by atoms with Crippen molar-refractivity contribution in [3.8, 4) is 0 Å². The highest BCUT2D eigenvalue weighted by atomic mass is 32.2. The van der Waals surface area contributed by atoms with Crippen LogP contribution in [0.4, 0.5) is 5.69 Å². The molecule has 36 heavy (non-hydrogen) atoms. The van der Waals surface area contributed by atoms with E-state index in [0.717, 1.165) is 67.0 Å². The number of rotatable bonds is 9. The van der Waals surface area contributed by atoms with Crippen molar-refractivity contribution in [2.75, 3.05) is 43.9 Å². The number of fused-ring (bicyclic) bond motifs is 3. The van der Waals surface area contributed by atoms with Crippen LogP contribution in [-0.2, 0) is 22.5 Å². The second-order valence-electron chi connectivity index (χ2n) is 8.82. The van der Waals surface area contributed by atoms with Gasteiger partial charge in [-0.15, -0.1) is 11.3 Å². The summed E-state index contributed by atoms with van der Waals surface area (Å²) in [6.45, 7) is 6.92. The van der Waals surface area contributed by atoms with Gasteiger partial charge in [-0.3, -0.25) is 19.1 Å². The third-order valence-electron chi connectivity index (χ3n) is 6.39. The normalized spacial score (nSPS) is 14.5. The van der Waals surface area contributed by atoms with E-state index in [-0.39, 0.29) is 17.2 Å². The Morgan fingerprint density at radius 3 is 2.67 bits per heavy atom. The number of aryl methyl sites for hydroxylation is 1. The van der Waals surface area contributed by atoms with Crippen LogP contribution in [0, 0.1) is 0 Å². The van der Waals surface area contributed by atoms with Crippen LogP contribution in [0.2, 0.25) is 0 Å². The molecule has 2 aromatic carbocycles. The first-order valence-corrected chi connectivity index (χ1v) is 14.2. The predicted molar refractivity (Wildman–Crippen MR) is 148 cm³/mol. The second kappa shape index (κ2) is 11.6. The number of carbonyl (C=O) groups is 1. The summed E-state index contributed by atoms with van der Waals surface area (Å²) < 4.78 is 8.92. The van der Waals surface area contributed by atoms with Gasteiger partial charge in [-0.1, -0.05) is 49.0 Å². The Morgan fingerprint density at radius 1 is 1.11 bits per heavy atom. The number of nitrogens with zero attached hydrogens (tertiary/aromatic N) is 3. The average Bonchev–Trinajstić information content (AvgIpc) is 3.29. The number of benzene rings is 2. The van der Waals surface area contributed by atoms with Crippen molar-refractivity contribution in [3.05, 3.63) is 64.4 Å². The van der Waals surface area contributed by atoms with Crippen molar-refractivity contribution in [2.45, 2.75) is 31.5 Å². The molecule has 4 aromatic rings. The van der Waals surface area contributed by atoms with Gasteiger partial charge in [0.1, 0.15) is 4.70 Å². The van der Waals surface area contributed by atoms with E-state index in [1.54, 1.807) is 4.57 Å². The van der Waals surface area contributed by atoms with Crippen LogP contribution in [-0.4, -0.2) is 59.0 Å². The van der Waals surface area contributed by atoms with Crippen LogP contribution in [0.3, 0.4) is 0 Å². The maximum Gasteiger partial charge on any atom is 0.272 e. The number of thioether (sulfide) groups is 1. The molecule has 1 aliphatic rings. The van der Waals surface area contributed by atoms with Crippen LogP contribution in [0.5, 0.6) is 0 Å². The third-order valence-corrected chi connectivity index (χ3v) is 8.51. The summed E-state index contributed by atoms with van der Waals surface area (Å²) in [5.74, 6) is 0.0626. The van der Waals surface area contributed by atoms with Gasteiger partial charge in [0.05, 0.1) is 24.5 Å². The quantitative estimate of drug-likeness (QED) is 0.255. The van der Waals surface area contributed by atoms with E-state index in [0.29, 0.717) is 16.4 Å². The summed E-state index contributed by atoms with van der Waals surface area (Å²) in [6.07, 6.45) is 1.79. The van der Waals surface area contributed by atoms with E-state index >= 15 is 0 Å². The number of carbonyl (C=O) groups excluding carboxylic acids is 1. The lowest BCUT2D eigenvalue weighted by Crippen LogP contribution is -2.37. The number of aromatic nitrogens is 2. The molecule has 1 aliphatic heterocycles. The van der Waals surface area contributed by atoms with Crippen molar-refractivity contribution < 1.29 is 9.53 Å². The number of morpholine rings is 1. The Balaban J connectivity index is 1.36. The topological polar surface area (TPSA) is 76.5 Å². The van der Waals surface area contributed by atoms with Gasteiger partial charge < -0.3 is 10.1 Å². The predicted octanol–water partition coefficient (Wildman–Crippen LogP) is 4.63. The molecule has 0 bridgehead atoms. The highest BCUT2D eigenvalue weighted by Gasteiger charge is 2.18. The van der Waals surface area contributed by atoms with Gasteiger partial charge in [0.15, 0.2) is 5.16 Å². The van der Waals surface area contributed by atoms with Crippen molar-refractivity contribution in [1.29, 1.82) is 0 Å². The average molecular weight is 523 g/mol. The van der Waals surface area contributed by atoms with E-state index < -0.39 is 0 Å². The molecule has 0 spiro atoms. The van der Waals surface area contributed by atoms with Gasteiger partial charge in [-0.25, -0.2) is 4.98 Å². The zero-order valence-electron chi connectivity index (χ0n) is 20.4. The Kier molecular flexibility index (Phi) is 8.01. The number of thiophene rings is 1. The summed E-state index contributed by atoms with van der Waals surface area (Å²) in [6, 6.07) is 15.9. The fraction of sp³-hybridized carbons (Fsp3) is 0.370. The Bertz CT molecular complexity index is 1410. The van der Waals surface area contributed by atoms with Gasteiger partial charge in [0.2, 0.25) is 5.91 Å². The summed E-state index contributed by atoms with van der Waals surface area (Å²) >= 11 is 2.81. The van der Waals surface area contributed by atoms with Gasteiger partial charge in [0, 0.05) is 42.0 Å². The molecular weight excluding hydrogens is 492 g/mol. The molecule has 1 fully saturated rings. The number of nitrogens with one attached hydrogen (secondary N) is 1. The maximum absolute atomic E-state index is 13.6. The molecule has 1 saturated heterocycles. The lowest BCUT2D eigenvalue weighted by atomic mass is 10.1. The first-order valence-electron chi connectivity index (χ1n) is 12.4. The summed E-state index contributed by atoms with van der Waals surface area (Å²) in [4.78, 5) is 33.6. The molecule has 0 unspecified atom stereocenters.